The van der Waals surface area contributed by atoms with Gasteiger partial charge in [-0.15, -0.1) is 0 Å². The largest absolute Gasteiger partial charge is 0.465 e. The summed E-state index contributed by atoms with van der Waals surface area (Å²) in [5, 5.41) is 0. The van der Waals surface area contributed by atoms with Crippen LogP contribution in [-0.2, 0) is 9.53 Å². The van der Waals surface area contributed by atoms with E-state index in [1.165, 1.54) is 0 Å². The Bertz CT molecular complexity index is 136. The summed E-state index contributed by atoms with van der Waals surface area (Å²) in [4.78, 5) is 11.1. The third-order valence-electron chi connectivity index (χ3n) is 2.16. The molecule has 64 valence electrons. The molecule has 0 spiro atoms. The molecule has 1 saturated carbocycles. The van der Waals surface area contributed by atoms with Crippen molar-refractivity contribution in [1.29, 1.82) is 0 Å². The minimum Gasteiger partial charge on any atom is -0.465 e. The van der Waals surface area contributed by atoms with Crippen LogP contribution < -0.4 is 0 Å². The number of hydrogen-bond acceptors (Lipinski definition) is 2. The molecule has 11 heavy (non-hydrogen) atoms. The molecule has 0 atom stereocenters. The molecule has 0 N–H and O–H groups in total. The summed E-state index contributed by atoms with van der Waals surface area (Å²) < 4.78 is 5.00. The molecule has 0 saturated heterocycles. The fourth-order valence-electron chi connectivity index (χ4n) is 1.42. The van der Waals surface area contributed by atoms with E-state index in [4.69, 9.17) is 4.74 Å². The van der Waals surface area contributed by atoms with Crippen LogP contribution in [0.4, 0.5) is 0 Å². The zero-order chi connectivity index (χ0) is 8.27. The first kappa shape index (κ1) is 8.57. The van der Waals surface area contributed by atoms with Crippen LogP contribution in [-0.4, -0.2) is 12.6 Å². The van der Waals surface area contributed by atoms with Gasteiger partial charge in [-0.05, 0) is 25.2 Å². The predicted octanol–water partition coefficient (Wildman–Crippen LogP) is 1.99. The van der Waals surface area contributed by atoms with Gasteiger partial charge in [-0.2, -0.15) is 0 Å². The van der Waals surface area contributed by atoms with Crippen LogP contribution in [0.5, 0.6) is 0 Å². The Morgan fingerprint density at radius 3 is 2.64 bits per heavy atom. The number of rotatable bonds is 3. The van der Waals surface area contributed by atoms with E-state index in [0.29, 0.717) is 6.61 Å². The summed E-state index contributed by atoms with van der Waals surface area (Å²) in [6.07, 6.45) is 2.99. The van der Waals surface area contributed by atoms with Gasteiger partial charge in [0.25, 0.3) is 0 Å². The van der Waals surface area contributed by atoms with E-state index in [1.54, 1.807) is 0 Å². The van der Waals surface area contributed by atoms with Crippen molar-refractivity contribution in [2.24, 2.45) is 11.8 Å². The molecule has 1 aliphatic rings. The van der Waals surface area contributed by atoms with Gasteiger partial charge in [0.05, 0.1) is 12.5 Å². The highest BCUT2D eigenvalue weighted by Crippen LogP contribution is 2.33. The summed E-state index contributed by atoms with van der Waals surface area (Å²) >= 11 is 0. The van der Waals surface area contributed by atoms with Crippen molar-refractivity contribution in [3.8, 4) is 0 Å². The number of esters is 1. The van der Waals surface area contributed by atoms with Crippen LogP contribution in [0.2, 0.25) is 0 Å². The molecule has 2 nitrogen and oxygen atoms in total. The van der Waals surface area contributed by atoms with Crippen LogP contribution in [0.15, 0.2) is 0 Å². The van der Waals surface area contributed by atoms with Gasteiger partial charge < -0.3 is 4.74 Å². The highest BCUT2D eigenvalue weighted by Gasteiger charge is 2.32. The zero-order valence-corrected chi connectivity index (χ0v) is 7.30. The van der Waals surface area contributed by atoms with E-state index in [0.717, 1.165) is 25.2 Å². The maximum atomic E-state index is 11.1. The first-order valence-corrected chi connectivity index (χ1v) is 4.40. The van der Waals surface area contributed by atoms with Gasteiger partial charge in [0.15, 0.2) is 0 Å². The Morgan fingerprint density at radius 2 is 2.18 bits per heavy atom. The Morgan fingerprint density at radius 1 is 1.55 bits per heavy atom. The van der Waals surface area contributed by atoms with E-state index in [1.807, 2.05) is 6.92 Å². The molecule has 0 aromatic heterocycles. The van der Waals surface area contributed by atoms with Crippen molar-refractivity contribution in [2.45, 2.75) is 33.1 Å². The van der Waals surface area contributed by atoms with E-state index in [9.17, 15) is 4.79 Å². The summed E-state index contributed by atoms with van der Waals surface area (Å²) in [7, 11) is 0. The maximum Gasteiger partial charge on any atom is 0.308 e. The second kappa shape index (κ2) is 3.74. The Kier molecular flexibility index (Phi) is 2.92. The molecule has 1 rings (SSSR count). The molecule has 0 aromatic carbocycles. The highest BCUT2D eigenvalue weighted by molar-refractivity contribution is 5.73. The smallest absolute Gasteiger partial charge is 0.308 e. The Balaban J connectivity index is 2.11. The fourth-order valence-corrected chi connectivity index (χ4v) is 1.42. The molecular formula is C9H16O2. The van der Waals surface area contributed by atoms with E-state index in [2.05, 4.69) is 6.92 Å². The minimum absolute atomic E-state index is 0.0185. The molecule has 0 unspecified atom stereocenters. The van der Waals surface area contributed by atoms with Crippen molar-refractivity contribution in [3.63, 3.8) is 0 Å². The highest BCUT2D eigenvalue weighted by atomic mass is 16.5. The van der Waals surface area contributed by atoms with Crippen molar-refractivity contribution < 1.29 is 9.53 Å². The zero-order valence-electron chi connectivity index (χ0n) is 7.30. The van der Waals surface area contributed by atoms with Crippen LogP contribution in [0.3, 0.4) is 0 Å². The molecule has 2 heteroatoms. The lowest BCUT2D eigenvalue weighted by Crippen LogP contribution is -2.30. The van der Waals surface area contributed by atoms with Gasteiger partial charge in [0.1, 0.15) is 0 Å². The standard InChI is InChI=1S/C9H16O2/c1-3-4-11-9(10)8-5-7(2)6-8/h7-8H,3-6H2,1-2H3. The fraction of sp³-hybridized carbons (Fsp3) is 0.889. The van der Waals surface area contributed by atoms with Gasteiger partial charge in [0.2, 0.25) is 0 Å². The molecule has 0 heterocycles. The van der Waals surface area contributed by atoms with Crippen LogP contribution in [0.1, 0.15) is 33.1 Å². The molecule has 0 aliphatic heterocycles. The molecule has 0 radical (unpaired) electrons. The quantitative estimate of drug-likeness (QED) is 0.584. The molecule has 0 aromatic rings. The summed E-state index contributed by atoms with van der Waals surface area (Å²) in [5.74, 6) is 0.968. The summed E-state index contributed by atoms with van der Waals surface area (Å²) in [6, 6.07) is 0. The van der Waals surface area contributed by atoms with Gasteiger partial charge in [0, 0.05) is 0 Å². The Hall–Kier alpha value is -0.530. The van der Waals surface area contributed by atoms with E-state index < -0.39 is 0 Å². The lowest BCUT2D eigenvalue weighted by Gasteiger charge is -2.30. The Labute approximate surface area is 67.9 Å². The molecule has 0 bridgehead atoms. The van der Waals surface area contributed by atoms with Gasteiger partial charge in [-0.25, -0.2) is 0 Å². The third-order valence-corrected chi connectivity index (χ3v) is 2.16. The van der Waals surface area contributed by atoms with Gasteiger partial charge in [-0.3, -0.25) is 4.79 Å². The van der Waals surface area contributed by atoms with Crippen molar-refractivity contribution in [1.82, 2.24) is 0 Å². The number of hydrogen-bond donors (Lipinski definition) is 0. The average molecular weight is 156 g/mol. The lowest BCUT2D eigenvalue weighted by atomic mass is 9.76. The monoisotopic (exact) mass is 156 g/mol. The summed E-state index contributed by atoms with van der Waals surface area (Å²) in [6.45, 7) is 4.77. The third kappa shape index (κ3) is 2.21. The van der Waals surface area contributed by atoms with Crippen LogP contribution >= 0.6 is 0 Å². The van der Waals surface area contributed by atoms with Crippen molar-refractivity contribution in [3.05, 3.63) is 0 Å². The second-order valence-electron chi connectivity index (χ2n) is 3.44. The number of carbonyl (C=O) groups excluding carboxylic acids is 1. The van der Waals surface area contributed by atoms with Crippen LogP contribution in [0, 0.1) is 11.8 Å². The van der Waals surface area contributed by atoms with Crippen molar-refractivity contribution in [2.75, 3.05) is 6.61 Å². The number of carbonyl (C=O) groups is 1. The van der Waals surface area contributed by atoms with Gasteiger partial charge in [-0.1, -0.05) is 13.8 Å². The first-order chi connectivity index (χ1) is 5.24. The van der Waals surface area contributed by atoms with E-state index >= 15 is 0 Å². The second-order valence-corrected chi connectivity index (χ2v) is 3.44. The van der Waals surface area contributed by atoms with Crippen LogP contribution in [0.25, 0.3) is 0 Å². The summed E-state index contributed by atoms with van der Waals surface area (Å²) in [5.41, 5.74) is 0. The minimum atomic E-state index is 0.0185. The SMILES string of the molecule is CCCOC(=O)C1CC(C)C1. The normalized spacial score (nSPS) is 29.3. The molecule has 0 amide bonds. The van der Waals surface area contributed by atoms with Crippen molar-refractivity contribution >= 4 is 5.97 Å². The van der Waals surface area contributed by atoms with Gasteiger partial charge >= 0.3 is 5.97 Å². The lowest BCUT2D eigenvalue weighted by molar-refractivity contribution is -0.153. The maximum absolute atomic E-state index is 11.1. The topological polar surface area (TPSA) is 26.3 Å². The average Bonchev–Trinajstić information content (AvgIpc) is 1.94. The first-order valence-electron chi connectivity index (χ1n) is 4.40. The molecule has 1 aliphatic carbocycles. The van der Waals surface area contributed by atoms with E-state index in [-0.39, 0.29) is 11.9 Å². The predicted molar refractivity (Wildman–Crippen MR) is 43.1 cm³/mol. The molecule has 1 fully saturated rings. The molecular weight excluding hydrogens is 140 g/mol. The number of ether oxygens (including phenoxy) is 1.